The number of anilines is 1. The molecule has 0 unspecified atom stereocenters. The first kappa shape index (κ1) is 20.5. The zero-order valence-corrected chi connectivity index (χ0v) is 18.4. The molecule has 1 aromatic heterocycles. The maximum Gasteiger partial charge on any atom is 0.319 e. The first-order valence-electron chi connectivity index (χ1n) is 10.3. The third-order valence-electron chi connectivity index (χ3n) is 5.38. The van der Waals surface area contributed by atoms with Crippen molar-refractivity contribution in [3.05, 3.63) is 54.1 Å². The van der Waals surface area contributed by atoms with Crippen molar-refractivity contribution in [1.82, 2.24) is 14.8 Å². The van der Waals surface area contributed by atoms with Gasteiger partial charge in [0, 0.05) is 30.8 Å². The molecule has 6 nitrogen and oxygen atoms in total. The van der Waals surface area contributed by atoms with Crippen LogP contribution in [0.1, 0.15) is 25.8 Å². The number of rotatable bonds is 7. The molecule has 1 aliphatic heterocycles. The van der Waals surface area contributed by atoms with Crippen molar-refractivity contribution in [3.63, 3.8) is 0 Å². The fourth-order valence-corrected chi connectivity index (χ4v) is 4.70. The fraction of sp³-hybridized carbons (Fsp3) is 0.348. The summed E-state index contributed by atoms with van der Waals surface area (Å²) in [6.45, 7) is 8.78. The second kappa shape index (κ2) is 8.92. The van der Waals surface area contributed by atoms with E-state index in [0.29, 0.717) is 18.2 Å². The predicted octanol–water partition coefficient (Wildman–Crippen LogP) is 4.50. The van der Waals surface area contributed by atoms with E-state index in [1.165, 1.54) is 17.4 Å². The number of aromatic nitrogens is 3. The molecule has 0 saturated carbocycles. The SMILES string of the molecule is CCN(CC)c1ccc(-c2nnc(S[C@H]3CCOC3=O)n2-c2ccccc2C)cc1. The van der Waals surface area contributed by atoms with E-state index in [1.54, 1.807) is 0 Å². The van der Waals surface area contributed by atoms with Crippen molar-refractivity contribution in [3.8, 4) is 17.1 Å². The van der Waals surface area contributed by atoms with E-state index in [4.69, 9.17) is 4.74 Å². The van der Waals surface area contributed by atoms with Gasteiger partial charge in [0.05, 0.1) is 12.3 Å². The fourth-order valence-electron chi connectivity index (χ4n) is 3.69. The molecule has 0 spiro atoms. The van der Waals surface area contributed by atoms with E-state index < -0.39 is 0 Å². The highest BCUT2D eigenvalue weighted by Gasteiger charge is 2.30. The number of benzene rings is 2. The van der Waals surface area contributed by atoms with E-state index in [9.17, 15) is 4.79 Å². The van der Waals surface area contributed by atoms with Crippen LogP contribution in [0.25, 0.3) is 17.1 Å². The maximum atomic E-state index is 12.0. The minimum atomic E-state index is -0.241. The normalized spacial score (nSPS) is 16.0. The van der Waals surface area contributed by atoms with Crippen LogP contribution < -0.4 is 4.90 Å². The number of hydrogen-bond acceptors (Lipinski definition) is 6. The number of aryl methyl sites for hydroxylation is 1. The van der Waals surface area contributed by atoms with E-state index in [1.807, 2.05) is 12.1 Å². The van der Waals surface area contributed by atoms with Crippen LogP contribution in [0, 0.1) is 6.92 Å². The van der Waals surface area contributed by atoms with Crippen molar-refractivity contribution in [2.75, 3.05) is 24.6 Å². The molecule has 2 heterocycles. The molecule has 1 aliphatic rings. The summed E-state index contributed by atoms with van der Waals surface area (Å²) in [5.74, 6) is 0.591. The summed E-state index contributed by atoms with van der Waals surface area (Å²) in [5.41, 5.74) is 4.31. The van der Waals surface area contributed by atoms with Crippen molar-refractivity contribution < 1.29 is 9.53 Å². The molecule has 0 radical (unpaired) electrons. The van der Waals surface area contributed by atoms with Crippen molar-refractivity contribution in [2.24, 2.45) is 0 Å². The number of hydrogen-bond donors (Lipinski definition) is 0. The Balaban J connectivity index is 1.76. The monoisotopic (exact) mass is 422 g/mol. The highest BCUT2D eigenvalue weighted by molar-refractivity contribution is 8.00. The van der Waals surface area contributed by atoms with Crippen LogP contribution in [0.4, 0.5) is 5.69 Å². The largest absolute Gasteiger partial charge is 0.465 e. The first-order valence-corrected chi connectivity index (χ1v) is 11.2. The average molecular weight is 423 g/mol. The molecule has 2 aromatic carbocycles. The summed E-state index contributed by atoms with van der Waals surface area (Å²) in [5, 5.41) is 9.43. The second-order valence-corrected chi connectivity index (χ2v) is 8.38. The Kier molecular flexibility index (Phi) is 6.08. The number of cyclic esters (lactones) is 1. The Labute approximate surface area is 181 Å². The van der Waals surface area contributed by atoms with E-state index in [-0.39, 0.29) is 11.2 Å². The van der Waals surface area contributed by atoms with Gasteiger partial charge in [-0.3, -0.25) is 9.36 Å². The van der Waals surface area contributed by atoms with Gasteiger partial charge >= 0.3 is 5.97 Å². The third-order valence-corrected chi connectivity index (χ3v) is 6.57. The molecule has 7 heteroatoms. The van der Waals surface area contributed by atoms with Gasteiger partial charge in [0.15, 0.2) is 11.0 Å². The molecule has 156 valence electrons. The summed E-state index contributed by atoms with van der Waals surface area (Å²) >= 11 is 1.43. The lowest BCUT2D eigenvalue weighted by Gasteiger charge is -2.21. The Morgan fingerprint density at radius 3 is 2.47 bits per heavy atom. The summed E-state index contributed by atoms with van der Waals surface area (Å²) in [6.07, 6.45) is 0.692. The summed E-state index contributed by atoms with van der Waals surface area (Å²) in [6, 6.07) is 16.6. The Morgan fingerprint density at radius 1 is 1.10 bits per heavy atom. The smallest absolute Gasteiger partial charge is 0.319 e. The molecule has 1 saturated heterocycles. The second-order valence-electron chi connectivity index (χ2n) is 7.21. The van der Waals surface area contributed by atoms with Gasteiger partial charge < -0.3 is 9.64 Å². The molecule has 4 rings (SSSR count). The Morgan fingerprint density at radius 2 is 1.83 bits per heavy atom. The van der Waals surface area contributed by atoms with Crippen molar-refractivity contribution in [1.29, 1.82) is 0 Å². The molecule has 3 aromatic rings. The highest BCUT2D eigenvalue weighted by Crippen LogP contribution is 2.34. The lowest BCUT2D eigenvalue weighted by atomic mass is 10.1. The van der Waals surface area contributed by atoms with Crippen LogP contribution in [0.3, 0.4) is 0 Å². The summed E-state index contributed by atoms with van der Waals surface area (Å²) in [4.78, 5) is 14.3. The van der Waals surface area contributed by atoms with Crippen molar-refractivity contribution in [2.45, 2.75) is 37.6 Å². The molecule has 1 fully saturated rings. The number of carbonyl (C=O) groups excluding carboxylic acids is 1. The van der Waals surface area contributed by atoms with Gasteiger partial charge in [-0.05, 0) is 56.7 Å². The number of esters is 1. The third kappa shape index (κ3) is 3.94. The molecule has 30 heavy (non-hydrogen) atoms. The molecule has 1 atom stereocenters. The number of para-hydroxylation sites is 1. The van der Waals surface area contributed by atoms with Gasteiger partial charge in [-0.15, -0.1) is 10.2 Å². The summed E-state index contributed by atoms with van der Waals surface area (Å²) < 4.78 is 7.19. The number of thioether (sulfide) groups is 1. The Bertz CT molecular complexity index is 1030. The maximum absolute atomic E-state index is 12.0. The number of ether oxygens (including phenoxy) is 1. The van der Waals surface area contributed by atoms with Crippen LogP contribution in [0.15, 0.2) is 53.7 Å². The first-order chi connectivity index (χ1) is 14.6. The van der Waals surface area contributed by atoms with Gasteiger partial charge in [0.2, 0.25) is 0 Å². The van der Waals surface area contributed by atoms with Crippen LogP contribution in [-0.2, 0) is 9.53 Å². The predicted molar refractivity (Wildman–Crippen MR) is 120 cm³/mol. The molecular weight excluding hydrogens is 396 g/mol. The van der Waals surface area contributed by atoms with E-state index in [0.717, 1.165) is 35.7 Å². The van der Waals surface area contributed by atoms with Gasteiger partial charge in [-0.2, -0.15) is 0 Å². The molecule has 0 N–H and O–H groups in total. The zero-order chi connectivity index (χ0) is 21.1. The quantitative estimate of drug-likeness (QED) is 0.523. The minimum absolute atomic E-state index is 0.176. The molecule has 0 aliphatic carbocycles. The lowest BCUT2D eigenvalue weighted by Crippen LogP contribution is -2.21. The highest BCUT2D eigenvalue weighted by atomic mass is 32.2. The molecule has 0 amide bonds. The topological polar surface area (TPSA) is 60.2 Å². The van der Waals surface area contributed by atoms with Gasteiger partial charge in [-0.1, -0.05) is 30.0 Å². The van der Waals surface area contributed by atoms with Crippen LogP contribution in [0.2, 0.25) is 0 Å². The van der Waals surface area contributed by atoms with E-state index >= 15 is 0 Å². The number of nitrogens with zero attached hydrogens (tertiary/aromatic N) is 4. The lowest BCUT2D eigenvalue weighted by molar-refractivity contribution is -0.137. The van der Waals surface area contributed by atoms with Crippen LogP contribution >= 0.6 is 11.8 Å². The zero-order valence-electron chi connectivity index (χ0n) is 17.5. The number of carbonyl (C=O) groups is 1. The summed E-state index contributed by atoms with van der Waals surface area (Å²) in [7, 11) is 0. The average Bonchev–Trinajstić information content (AvgIpc) is 3.36. The van der Waals surface area contributed by atoms with Gasteiger partial charge in [-0.25, -0.2) is 0 Å². The van der Waals surface area contributed by atoms with Gasteiger partial charge in [0.1, 0.15) is 5.25 Å². The van der Waals surface area contributed by atoms with Gasteiger partial charge in [0.25, 0.3) is 0 Å². The molecule has 0 bridgehead atoms. The Hall–Kier alpha value is -2.80. The van der Waals surface area contributed by atoms with E-state index in [2.05, 4.69) is 76.8 Å². The van der Waals surface area contributed by atoms with Crippen LogP contribution in [0.5, 0.6) is 0 Å². The minimum Gasteiger partial charge on any atom is -0.465 e. The van der Waals surface area contributed by atoms with Crippen molar-refractivity contribution >= 4 is 23.4 Å². The standard InChI is InChI=1S/C23H26N4O2S/c1-4-26(5-2)18-12-10-17(11-13-18)21-24-25-23(30-20-14-15-29-22(20)28)27(21)19-9-7-6-8-16(19)3/h6-13,20H,4-5,14-15H2,1-3H3/t20-/m0/s1. The molecular formula is C23H26N4O2S. The van der Waals surface area contributed by atoms with Crippen LogP contribution in [-0.4, -0.2) is 45.7 Å².